The van der Waals surface area contributed by atoms with Crippen LogP contribution in [-0.2, 0) is 6.54 Å². The SMILES string of the molecule is COc1ccccc1N1CCN(c2cc(C)nc(NCc3ccco3)n2)CC1. The molecule has 1 N–H and O–H groups in total. The summed E-state index contributed by atoms with van der Waals surface area (Å²) in [6.07, 6.45) is 1.67. The average Bonchev–Trinajstić information content (AvgIpc) is 3.26. The number of benzene rings is 1. The first-order valence-corrected chi connectivity index (χ1v) is 9.48. The third kappa shape index (κ3) is 4.03. The number of furan rings is 1. The highest BCUT2D eigenvalue weighted by Crippen LogP contribution is 2.29. The third-order valence-electron chi connectivity index (χ3n) is 4.87. The van der Waals surface area contributed by atoms with E-state index in [-0.39, 0.29) is 0 Å². The Kier molecular flexibility index (Phi) is 5.32. The van der Waals surface area contributed by atoms with Crippen molar-refractivity contribution in [3.63, 3.8) is 0 Å². The van der Waals surface area contributed by atoms with E-state index in [2.05, 4.69) is 32.2 Å². The first-order chi connectivity index (χ1) is 13.7. The lowest BCUT2D eigenvalue weighted by molar-refractivity contribution is 0.413. The van der Waals surface area contributed by atoms with Crippen LogP contribution in [0.2, 0.25) is 0 Å². The van der Waals surface area contributed by atoms with Crippen LogP contribution in [0.25, 0.3) is 0 Å². The molecule has 7 nitrogen and oxygen atoms in total. The molecule has 2 aromatic heterocycles. The number of hydrogen-bond donors (Lipinski definition) is 1. The summed E-state index contributed by atoms with van der Waals surface area (Å²) in [4.78, 5) is 13.9. The van der Waals surface area contributed by atoms with E-state index < -0.39 is 0 Å². The smallest absolute Gasteiger partial charge is 0.225 e. The summed E-state index contributed by atoms with van der Waals surface area (Å²) < 4.78 is 10.9. The first-order valence-electron chi connectivity index (χ1n) is 9.48. The van der Waals surface area contributed by atoms with Gasteiger partial charge in [0, 0.05) is 37.9 Å². The molecular formula is C21H25N5O2. The zero-order valence-corrected chi connectivity index (χ0v) is 16.3. The van der Waals surface area contributed by atoms with Gasteiger partial charge < -0.3 is 24.3 Å². The summed E-state index contributed by atoms with van der Waals surface area (Å²) in [6.45, 7) is 6.18. The van der Waals surface area contributed by atoms with Crippen molar-refractivity contribution in [1.29, 1.82) is 0 Å². The minimum Gasteiger partial charge on any atom is -0.495 e. The Morgan fingerprint density at radius 3 is 2.57 bits per heavy atom. The van der Waals surface area contributed by atoms with Crippen LogP contribution in [0.1, 0.15) is 11.5 Å². The van der Waals surface area contributed by atoms with Gasteiger partial charge in [-0.25, -0.2) is 4.98 Å². The molecule has 4 rings (SSSR count). The van der Waals surface area contributed by atoms with E-state index in [0.29, 0.717) is 12.5 Å². The summed E-state index contributed by atoms with van der Waals surface area (Å²) >= 11 is 0. The van der Waals surface area contributed by atoms with Crippen molar-refractivity contribution in [3.05, 3.63) is 60.2 Å². The minimum absolute atomic E-state index is 0.567. The van der Waals surface area contributed by atoms with Crippen molar-refractivity contribution >= 4 is 17.5 Å². The topological polar surface area (TPSA) is 66.7 Å². The third-order valence-corrected chi connectivity index (χ3v) is 4.87. The van der Waals surface area contributed by atoms with Crippen molar-refractivity contribution in [2.24, 2.45) is 0 Å². The minimum atomic E-state index is 0.567. The second-order valence-electron chi connectivity index (χ2n) is 6.77. The van der Waals surface area contributed by atoms with Gasteiger partial charge in [-0.05, 0) is 31.2 Å². The predicted molar refractivity (Wildman–Crippen MR) is 110 cm³/mol. The standard InChI is InChI=1S/C21H25N5O2/c1-16-14-20(24-21(23-16)22-15-17-6-5-13-28-17)26-11-9-25(10-12-26)18-7-3-4-8-19(18)27-2/h3-8,13-14H,9-12,15H2,1-2H3,(H,22,23,24). The number of rotatable bonds is 6. The van der Waals surface area contributed by atoms with E-state index in [1.165, 1.54) is 0 Å². The van der Waals surface area contributed by atoms with E-state index in [1.54, 1.807) is 13.4 Å². The van der Waals surface area contributed by atoms with E-state index in [1.807, 2.05) is 37.3 Å². The lowest BCUT2D eigenvalue weighted by Gasteiger charge is -2.37. The number of hydrogen-bond acceptors (Lipinski definition) is 7. The number of aryl methyl sites for hydroxylation is 1. The van der Waals surface area contributed by atoms with E-state index in [4.69, 9.17) is 14.1 Å². The summed E-state index contributed by atoms with van der Waals surface area (Å²) in [5.41, 5.74) is 2.09. The van der Waals surface area contributed by atoms with Gasteiger partial charge in [-0.3, -0.25) is 0 Å². The first kappa shape index (κ1) is 18.2. The molecule has 0 amide bonds. The molecule has 0 spiro atoms. The molecule has 3 heterocycles. The van der Waals surface area contributed by atoms with Crippen LogP contribution in [0.3, 0.4) is 0 Å². The van der Waals surface area contributed by atoms with Crippen LogP contribution in [0.4, 0.5) is 17.5 Å². The van der Waals surface area contributed by atoms with Gasteiger partial charge in [0.15, 0.2) is 0 Å². The predicted octanol–water partition coefficient (Wildman–Crippen LogP) is 3.33. The lowest BCUT2D eigenvalue weighted by Crippen LogP contribution is -2.47. The fourth-order valence-electron chi connectivity index (χ4n) is 3.44. The second-order valence-corrected chi connectivity index (χ2v) is 6.77. The summed E-state index contributed by atoms with van der Waals surface area (Å²) in [7, 11) is 1.72. The molecule has 7 heteroatoms. The Morgan fingerprint density at radius 2 is 1.82 bits per heavy atom. The molecule has 1 saturated heterocycles. The number of methoxy groups -OCH3 is 1. The Balaban J connectivity index is 1.42. The van der Waals surface area contributed by atoms with Crippen molar-refractivity contribution in [2.75, 3.05) is 48.4 Å². The monoisotopic (exact) mass is 379 g/mol. The summed E-state index contributed by atoms with van der Waals surface area (Å²) in [6, 6.07) is 14.0. The summed E-state index contributed by atoms with van der Waals surface area (Å²) in [5.74, 6) is 3.35. The number of nitrogens with zero attached hydrogens (tertiary/aromatic N) is 4. The Morgan fingerprint density at radius 1 is 1.04 bits per heavy atom. The highest BCUT2D eigenvalue weighted by atomic mass is 16.5. The van der Waals surface area contributed by atoms with Crippen LogP contribution in [0.5, 0.6) is 5.75 Å². The van der Waals surface area contributed by atoms with Crippen molar-refractivity contribution in [1.82, 2.24) is 9.97 Å². The highest BCUT2D eigenvalue weighted by Gasteiger charge is 2.21. The van der Waals surface area contributed by atoms with Gasteiger partial charge in [-0.1, -0.05) is 12.1 Å². The maximum Gasteiger partial charge on any atom is 0.225 e. The van der Waals surface area contributed by atoms with Gasteiger partial charge in [0.2, 0.25) is 5.95 Å². The number of ether oxygens (including phenoxy) is 1. The molecule has 0 saturated carbocycles. The van der Waals surface area contributed by atoms with Gasteiger partial charge >= 0.3 is 0 Å². The van der Waals surface area contributed by atoms with Crippen molar-refractivity contribution in [3.8, 4) is 5.75 Å². The van der Waals surface area contributed by atoms with Crippen molar-refractivity contribution < 1.29 is 9.15 Å². The maximum atomic E-state index is 5.51. The van der Waals surface area contributed by atoms with Gasteiger partial charge in [-0.2, -0.15) is 4.98 Å². The van der Waals surface area contributed by atoms with Crippen LogP contribution in [0.15, 0.2) is 53.1 Å². The normalized spacial score (nSPS) is 14.2. The number of nitrogens with one attached hydrogen (secondary N) is 1. The molecule has 1 aromatic carbocycles. The lowest BCUT2D eigenvalue weighted by atomic mass is 10.2. The van der Waals surface area contributed by atoms with Crippen LogP contribution >= 0.6 is 0 Å². The van der Waals surface area contributed by atoms with Crippen molar-refractivity contribution in [2.45, 2.75) is 13.5 Å². The number of piperazine rings is 1. The molecule has 0 bridgehead atoms. The zero-order valence-electron chi connectivity index (χ0n) is 16.3. The molecular weight excluding hydrogens is 354 g/mol. The van der Waals surface area contributed by atoms with Gasteiger partial charge in [0.05, 0.1) is 25.6 Å². The molecule has 3 aromatic rings. The fourth-order valence-corrected chi connectivity index (χ4v) is 3.44. The molecule has 1 aliphatic rings. The molecule has 146 valence electrons. The molecule has 28 heavy (non-hydrogen) atoms. The Labute approximate surface area is 165 Å². The van der Waals surface area contributed by atoms with E-state index in [9.17, 15) is 0 Å². The van der Waals surface area contributed by atoms with Gasteiger partial charge in [-0.15, -0.1) is 0 Å². The highest BCUT2D eigenvalue weighted by molar-refractivity contribution is 5.59. The molecule has 0 radical (unpaired) electrons. The molecule has 1 fully saturated rings. The van der Waals surface area contributed by atoms with Crippen LogP contribution < -0.4 is 19.9 Å². The van der Waals surface area contributed by atoms with Gasteiger partial charge in [0.1, 0.15) is 17.3 Å². The van der Waals surface area contributed by atoms with Crippen LogP contribution in [0, 0.1) is 6.92 Å². The number of aromatic nitrogens is 2. The van der Waals surface area contributed by atoms with Crippen LogP contribution in [-0.4, -0.2) is 43.3 Å². The Bertz CT molecular complexity index is 905. The summed E-state index contributed by atoms with van der Waals surface area (Å²) in [5, 5.41) is 3.25. The Hall–Kier alpha value is -3.22. The van der Waals surface area contributed by atoms with Gasteiger partial charge in [0.25, 0.3) is 0 Å². The largest absolute Gasteiger partial charge is 0.495 e. The molecule has 0 unspecified atom stereocenters. The number of para-hydroxylation sites is 2. The molecule has 0 aliphatic carbocycles. The molecule has 1 aliphatic heterocycles. The maximum absolute atomic E-state index is 5.51. The van der Waals surface area contributed by atoms with E-state index >= 15 is 0 Å². The van der Waals surface area contributed by atoms with E-state index in [0.717, 1.165) is 54.9 Å². The molecule has 0 atom stereocenters. The number of anilines is 3. The zero-order chi connectivity index (χ0) is 19.3. The second kappa shape index (κ2) is 8.21. The quantitative estimate of drug-likeness (QED) is 0.705. The average molecular weight is 379 g/mol. The fraction of sp³-hybridized carbons (Fsp3) is 0.333.